The molecule has 1 fully saturated rings. The van der Waals surface area contributed by atoms with Crippen LogP contribution in [0, 0.1) is 5.92 Å². The first kappa shape index (κ1) is 22.2. The fourth-order valence-corrected chi connectivity index (χ4v) is 4.92. The van der Waals surface area contributed by atoms with E-state index in [4.69, 9.17) is 9.47 Å². The van der Waals surface area contributed by atoms with Crippen LogP contribution in [-0.2, 0) is 14.3 Å². The van der Waals surface area contributed by atoms with Gasteiger partial charge in [0.05, 0.1) is 12.7 Å². The molecule has 3 atom stereocenters. The SMILES string of the molecule is C=C(C)CCO[C@@H]1C=C(CN2CCC(c3ccccc3)CC2)[C@H]2CC(=O)C(C)=C[C@H]2O1. The Balaban J connectivity index is 1.42. The van der Waals surface area contributed by atoms with Crippen molar-refractivity contribution in [3.8, 4) is 0 Å². The van der Waals surface area contributed by atoms with Gasteiger partial charge in [-0.2, -0.15) is 0 Å². The Morgan fingerprint density at radius 3 is 2.65 bits per heavy atom. The van der Waals surface area contributed by atoms with E-state index in [0.29, 0.717) is 18.9 Å². The summed E-state index contributed by atoms with van der Waals surface area (Å²) in [4.78, 5) is 14.9. The molecule has 0 radical (unpaired) electrons. The molecule has 2 aliphatic heterocycles. The zero-order chi connectivity index (χ0) is 21.8. The number of nitrogens with zero attached hydrogens (tertiary/aromatic N) is 1. The van der Waals surface area contributed by atoms with Crippen LogP contribution in [0.5, 0.6) is 0 Å². The van der Waals surface area contributed by atoms with E-state index in [9.17, 15) is 4.79 Å². The lowest BCUT2D eigenvalue weighted by Crippen LogP contribution is -2.43. The number of piperidine rings is 1. The summed E-state index contributed by atoms with van der Waals surface area (Å²) in [6, 6.07) is 10.9. The summed E-state index contributed by atoms with van der Waals surface area (Å²) in [6.45, 7) is 11.5. The number of hydrogen-bond acceptors (Lipinski definition) is 4. The van der Waals surface area contributed by atoms with Gasteiger partial charge in [0.25, 0.3) is 0 Å². The number of rotatable bonds is 7. The number of hydrogen-bond donors (Lipinski definition) is 0. The number of allylic oxidation sites excluding steroid dienone is 1. The third-order valence-electron chi connectivity index (χ3n) is 6.85. The first-order valence-electron chi connectivity index (χ1n) is 11.6. The third-order valence-corrected chi connectivity index (χ3v) is 6.85. The van der Waals surface area contributed by atoms with E-state index >= 15 is 0 Å². The van der Waals surface area contributed by atoms with Crippen LogP contribution in [0.1, 0.15) is 51.0 Å². The van der Waals surface area contributed by atoms with Gasteiger partial charge in [0.2, 0.25) is 0 Å². The predicted molar refractivity (Wildman–Crippen MR) is 124 cm³/mol. The molecule has 0 saturated carbocycles. The van der Waals surface area contributed by atoms with Gasteiger partial charge in [0.1, 0.15) is 0 Å². The topological polar surface area (TPSA) is 38.8 Å². The lowest BCUT2D eigenvalue weighted by molar-refractivity contribution is -0.153. The van der Waals surface area contributed by atoms with E-state index in [1.54, 1.807) is 0 Å². The average molecular weight is 422 g/mol. The summed E-state index contributed by atoms with van der Waals surface area (Å²) in [7, 11) is 0. The highest BCUT2D eigenvalue weighted by atomic mass is 16.7. The van der Waals surface area contributed by atoms with Crippen molar-refractivity contribution in [2.45, 2.75) is 57.8 Å². The Labute approximate surface area is 186 Å². The molecule has 0 N–H and O–H groups in total. The minimum Gasteiger partial charge on any atom is -0.349 e. The van der Waals surface area contributed by atoms with Gasteiger partial charge in [-0.3, -0.25) is 9.69 Å². The Kier molecular flexibility index (Phi) is 7.21. The number of benzene rings is 1. The molecule has 1 aromatic rings. The zero-order valence-corrected chi connectivity index (χ0v) is 18.9. The van der Waals surface area contributed by atoms with Gasteiger partial charge in [-0.15, -0.1) is 6.58 Å². The molecule has 1 aromatic carbocycles. The first-order valence-corrected chi connectivity index (χ1v) is 11.6. The van der Waals surface area contributed by atoms with Gasteiger partial charge in [-0.1, -0.05) is 35.9 Å². The van der Waals surface area contributed by atoms with Crippen molar-refractivity contribution >= 4 is 5.78 Å². The molecule has 3 aliphatic rings. The van der Waals surface area contributed by atoms with Crippen molar-refractivity contribution in [1.82, 2.24) is 4.90 Å². The summed E-state index contributed by atoms with van der Waals surface area (Å²) in [5, 5.41) is 0. The maximum absolute atomic E-state index is 12.4. The molecule has 4 rings (SSSR count). The second-order valence-corrected chi connectivity index (χ2v) is 9.33. The lowest BCUT2D eigenvalue weighted by atomic mass is 9.79. The standard InChI is InChI=1S/C27H35NO3/c1-19(2)11-14-30-27-16-23(24-17-25(29)20(3)15-26(24)31-27)18-28-12-9-22(10-13-28)21-7-5-4-6-8-21/h4-8,15-16,22,24,26-27H,1,9-14,17-18H2,2-3H3/t24-,26-,27+/m1/s1. The molecule has 1 aliphatic carbocycles. The highest BCUT2D eigenvalue weighted by molar-refractivity contribution is 5.96. The first-order chi connectivity index (χ1) is 15.0. The number of carbonyl (C=O) groups is 1. The molecule has 4 heteroatoms. The number of Topliss-reactive ketones (excluding diaryl/α,β-unsaturated/α-hetero) is 1. The predicted octanol–water partition coefficient (Wildman–Crippen LogP) is 5.04. The Hall–Kier alpha value is -2.01. The summed E-state index contributed by atoms with van der Waals surface area (Å²) < 4.78 is 12.2. The Bertz CT molecular complexity index is 848. The Morgan fingerprint density at radius 1 is 1.19 bits per heavy atom. The molecular weight excluding hydrogens is 386 g/mol. The molecule has 4 nitrogen and oxygen atoms in total. The maximum Gasteiger partial charge on any atom is 0.177 e. The third kappa shape index (κ3) is 5.62. The molecule has 1 saturated heterocycles. The van der Waals surface area contributed by atoms with Crippen molar-refractivity contribution in [3.05, 3.63) is 71.3 Å². The van der Waals surface area contributed by atoms with Crippen LogP contribution in [0.3, 0.4) is 0 Å². The van der Waals surface area contributed by atoms with Gasteiger partial charge >= 0.3 is 0 Å². The second-order valence-electron chi connectivity index (χ2n) is 9.33. The minimum atomic E-state index is -0.352. The molecular formula is C27H35NO3. The van der Waals surface area contributed by atoms with E-state index < -0.39 is 0 Å². The van der Waals surface area contributed by atoms with Gasteiger partial charge in [-0.25, -0.2) is 0 Å². The van der Waals surface area contributed by atoms with E-state index in [0.717, 1.165) is 37.2 Å². The number of ketones is 1. The number of carbonyl (C=O) groups excluding carboxylic acids is 1. The lowest BCUT2D eigenvalue weighted by Gasteiger charge is -2.40. The normalized spacial score (nSPS) is 27.4. The van der Waals surface area contributed by atoms with Crippen LogP contribution in [0.15, 0.2) is 65.8 Å². The average Bonchev–Trinajstić information content (AvgIpc) is 2.76. The van der Waals surface area contributed by atoms with Gasteiger partial charge in [0, 0.05) is 18.9 Å². The van der Waals surface area contributed by atoms with Crippen molar-refractivity contribution in [3.63, 3.8) is 0 Å². The molecule has 166 valence electrons. The van der Waals surface area contributed by atoms with E-state index in [2.05, 4.69) is 47.9 Å². The van der Waals surface area contributed by atoms with Crippen LogP contribution in [0.25, 0.3) is 0 Å². The number of fused-ring (bicyclic) bond motifs is 1. The largest absolute Gasteiger partial charge is 0.349 e. The summed E-state index contributed by atoms with van der Waals surface area (Å²) in [5.41, 5.74) is 4.67. The molecule has 31 heavy (non-hydrogen) atoms. The van der Waals surface area contributed by atoms with Crippen molar-refractivity contribution in [2.24, 2.45) is 5.92 Å². The van der Waals surface area contributed by atoms with Crippen LogP contribution in [0.4, 0.5) is 0 Å². The maximum atomic E-state index is 12.4. The quantitative estimate of drug-likeness (QED) is 0.579. The Morgan fingerprint density at radius 2 is 1.94 bits per heavy atom. The van der Waals surface area contributed by atoms with Crippen LogP contribution in [-0.4, -0.2) is 49.3 Å². The highest BCUT2D eigenvalue weighted by Gasteiger charge is 2.37. The van der Waals surface area contributed by atoms with Crippen molar-refractivity contribution in [1.29, 1.82) is 0 Å². The molecule has 0 unspecified atom stereocenters. The smallest absolute Gasteiger partial charge is 0.177 e. The van der Waals surface area contributed by atoms with Gasteiger partial charge < -0.3 is 9.47 Å². The molecule has 0 amide bonds. The van der Waals surface area contributed by atoms with Crippen molar-refractivity contribution < 1.29 is 14.3 Å². The zero-order valence-electron chi connectivity index (χ0n) is 18.9. The highest BCUT2D eigenvalue weighted by Crippen LogP contribution is 2.36. The monoisotopic (exact) mass is 421 g/mol. The summed E-state index contributed by atoms with van der Waals surface area (Å²) >= 11 is 0. The number of likely N-dealkylation sites (tertiary alicyclic amines) is 1. The molecule has 0 aromatic heterocycles. The van der Waals surface area contributed by atoms with Gasteiger partial charge in [0.15, 0.2) is 12.1 Å². The van der Waals surface area contributed by atoms with E-state index in [1.807, 2.05) is 19.9 Å². The van der Waals surface area contributed by atoms with Gasteiger partial charge in [-0.05, 0) is 81.0 Å². The van der Waals surface area contributed by atoms with E-state index in [-0.39, 0.29) is 24.1 Å². The fourth-order valence-electron chi connectivity index (χ4n) is 4.92. The molecule has 0 bridgehead atoms. The number of ether oxygens (including phenoxy) is 2. The minimum absolute atomic E-state index is 0.0746. The summed E-state index contributed by atoms with van der Waals surface area (Å²) in [5.74, 6) is 1.01. The second kappa shape index (κ2) is 10.1. The fraction of sp³-hybridized carbons (Fsp3) is 0.519. The van der Waals surface area contributed by atoms with E-state index in [1.165, 1.54) is 24.0 Å². The van der Waals surface area contributed by atoms with Crippen molar-refractivity contribution in [2.75, 3.05) is 26.2 Å². The van der Waals surface area contributed by atoms with Crippen LogP contribution >= 0.6 is 0 Å². The summed E-state index contributed by atoms with van der Waals surface area (Å²) in [6.07, 6.45) is 7.43. The van der Waals surface area contributed by atoms with Crippen LogP contribution in [0.2, 0.25) is 0 Å². The van der Waals surface area contributed by atoms with Crippen LogP contribution < -0.4 is 0 Å². The molecule has 0 spiro atoms. The molecule has 2 heterocycles.